The minimum absolute atomic E-state index is 0.0417. The van der Waals surface area contributed by atoms with E-state index in [0.29, 0.717) is 5.92 Å². The van der Waals surface area contributed by atoms with Crippen molar-refractivity contribution in [1.29, 1.82) is 0 Å². The highest BCUT2D eigenvalue weighted by molar-refractivity contribution is 7.14. The maximum atomic E-state index is 13.5. The molecule has 0 amide bonds. The number of benzene rings is 3. The van der Waals surface area contributed by atoms with E-state index < -0.39 is 0 Å². The van der Waals surface area contributed by atoms with Crippen molar-refractivity contribution in [1.82, 2.24) is 4.98 Å². The second-order valence-corrected chi connectivity index (χ2v) is 10.1. The summed E-state index contributed by atoms with van der Waals surface area (Å²) in [6.45, 7) is 8.66. The zero-order valence-electron chi connectivity index (χ0n) is 19.9. The van der Waals surface area contributed by atoms with Crippen molar-refractivity contribution in [3.8, 4) is 11.3 Å². The fraction of sp³-hybridized carbons (Fsp3) is 0.241. The van der Waals surface area contributed by atoms with Crippen LogP contribution < -0.4 is 5.01 Å². The quantitative estimate of drug-likeness (QED) is 0.296. The monoisotopic (exact) mass is 469 g/mol. The van der Waals surface area contributed by atoms with Crippen LogP contribution in [0.25, 0.3) is 11.3 Å². The fourth-order valence-electron chi connectivity index (χ4n) is 4.27. The first kappa shape index (κ1) is 22.5. The molecular weight excluding hydrogens is 441 g/mol. The molecular formula is C29H28FN3S. The molecule has 1 aliphatic rings. The van der Waals surface area contributed by atoms with Crippen LogP contribution in [-0.2, 0) is 0 Å². The van der Waals surface area contributed by atoms with Crippen LogP contribution in [0.1, 0.15) is 60.0 Å². The van der Waals surface area contributed by atoms with Crippen molar-refractivity contribution in [3.63, 3.8) is 0 Å². The number of hydrogen-bond donors (Lipinski definition) is 0. The van der Waals surface area contributed by atoms with Crippen LogP contribution in [0.15, 0.2) is 77.2 Å². The van der Waals surface area contributed by atoms with Crippen LogP contribution in [0.5, 0.6) is 0 Å². The molecule has 1 aliphatic heterocycles. The Morgan fingerprint density at radius 2 is 1.62 bits per heavy atom. The Morgan fingerprint density at radius 3 is 2.29 bits per heavy atom. The lowest BCUT2D eigenvalue weighted by molar-refractivity contribution is 0.627. The van der Waals surface area contributed by atoms with Gasteiger partial charge in [-0.15, -0.1) is 11.3 Å². The summed E-state index contributed by atoms with van der Waals surface area (Å²) in [5.74, 6) is 0.247. The van der Waals surface area contributed by atoms with Gasteiger partial charge in [-0.1, -0.05) is 62.4 Å². The molecule has 0 spiro atoms. The molecule has 1 aromatic heterocycles. The maximum absolute atomic E-state index is 13.5. The average Bonchev–Trinajstić information content (AvgIpc) is 3.49. The Bertz CT molecular complexity index is 1340. The summed E-state index contributed by atoms with van der Waals surface area (Å²) < 4.78 is 13.5. The SMILES string of the molecule is Cc1ccc(-c2csc(N3N=C(c4ccc(F)cc4)C[C@H]3c3ccc(C(C)C)cc3)n2)cc1C. The number of hydrazone groups is 1. The van der Waals surface area contributed by atoms with Crippen LogP contribution in [0.3, 0.4) is 0 Å². The molecule has 1 atom stereocenters. The van der Waals surface area contributed by atoms with Crippen molar-refractivity contribution >= 4 is 22.2 Å². The van der Waals surface area contributed by atoms with Gasteiger partial charge in [0.25, 0.3) is 0 Å². The number of halogens is 1. The van der Waals surface area contributed by atoms with E-state index in [-0.39, 0.29) is 11.9 Å². The molecule has 0 radical (unpaired) electrons. The third kappa shape index (κ3) is 4.40. The first-order valence-electron chi connectivity index (χ1n) is 11.6. The van der Waals surface area contributed by atoms with Crippen molar-refractivity contribution in [2.45, 2.75) is 46.1 Å². The van der Waals surface area contributed by atoms with Gasteiger partial charge in [-0.2, -0.15) is 5.10 Å². The summed E-state index contributed by atoms with van der Waals surface area (Å²) >= 11 is 1.61. The molecule has 0 N–H and O–H groups in total. The number of anilines is 1. The lowest BCUT2D eigenvalue weighted by Crippen LogP contribution is -2.18. The van der Waals surface area contributed by atoms with E-state index in [0.717, 1.165) is 34.1 Å². The molecule has 0 aliphatic carbocycles. The second kappa shape index (κ2) is 9.15. The number of nitrogens with zero attached hydrogens (tertiary/aromatic N) is 3. The van der Waals surface area contributed by atoms with Gasteiger partial charge in [-0.05, 0) is 65.8 Å². The molecule has 0 unspecified atom stereocenters. The first-order chi connectivity index (χ1) is 16.4. The highest BCUT2D eigenvalue weighted by Crippen LogP contribution is 2.40. The first-order valence-corrected chi connectivity index (χ1v) is 12.5. The van der Waals surface area contributed by atoms with Crippen LogP contribution in [0.4, 0.5) is 9.52 Å². The van der Waals surface area contributed by atoms with Crippen molar-refractivity contribution < 1.29 is 4.39 Å². The molecule has 3 aromatic carbocycles. The summed E-state index contributed by atoms with van der Waals surface area (Å²) in [5, 5.41) is 9.99. The molecule has 0 bridgehead atoms. The largest absolute Gasteiger partial charge is 0.231 e. The molecule has 172 valence electrons. The van der Waals surface area contributed by atoms with E-state index in [1.165, 1.54) is 34.4 Å². The Hall–Kier alpha value is -3.31. The molecule has 3 nitrogen and oxygen atoms in total. The van der Waals surface area contributed by atoms with Crippen molar-refractivity contribution in [3.05, 3.63) is 106 Å². The summed E-state index contributed by atoms with van der Waals surface area (Å²) in [6.07, 6.45) is 0.741. The Balaban J connectivity index is 1.52. The van der Waals surface area contributed by atoms with Gasteiger partial charge in [0.1, 0.15) is 5.82 Å². The summed E-state index contributed by atoms with van der Waals surface area (Å²) in [7, 11) is 0. The van der Waals surface area contributed by atoms with Gasteiger partial charge in [0, 0.05) is 17.4 Å². The van der Waals surface area contributed by atoms with E-state index >= 15 is 0 Å². The number of aromatic nitrogens is 1. The predicted octanol–water partition coefficient (Wildman–Crippen LogP) is 8.05. The van der Waals surface area contributed by atoms with Gasteiger partial charge in [0.15, 0.2) is 0 Å². The van der Waals surface area contributed by atoms with Gasteiger partial charge in [-0.3, -0.25) is 0 Å². The van der Waals surface area contributed by atoms with Crippen molar-refractivity contribution in [2.24, 2.45) is 5.10 Å². The highest BCUT2D eigenvalue weighted by Gasteiger charge is 2.32. The van der Waals surface area contributed by atoms with Crippen molar-refractivity contribution in [2.75, 3.05) is 5.01 Å². The molecule has 0 saturated heterocycles. The minimum atomic E-state index is -0.238. The standard InChI is InChI=1S/C29H28FN3S/c1-18(2)21-7-9-23(10-8-21)28-16-26(22-11-13-25(30)14-12-22)32-33(28)29-31-27(17-34-29)24-6-5-19(3)20(4)15-24/h5-15,17-18,28H,16H2,1-4H3/t28-/m0/s1. The van der Waals surface area contributed by atoms with E-state index in [9.17, 15) is 4.39 Å². The summed E-state index contributed by atoms with van der Waals surface area (Å²) in [5.41, 5.74) is 9.02. The second-order valence-electron chi connectivity index (χ2n) is 9.25. The molecule has 5 heteroatoms. The maximum Gasteiger partial charge on any atom is 0.207 e. The zero-order chi connectivity index (χ0) is 23.8. The smallest absolute Gasteiger partial charge is 0.207 e. The number of hydrogen-bond acceptors (Lipinski definition) is 4. The molecule has 4 aromatic rings. The van der Waals surface area contributed by atoms with Gasteiger partial charge in [0.05, 0.1) is 17.4 Å². The number of thiazole rings is 1. The summed E-state index contributed by atoms with van der Waals surface area (Å²) in [4.78, 5) is 4.97. The van der Waals surface area contributed by atoms with Gasteiger partial charge in [-0.25, -0.2) is 14.4 Å². The van der Waals surface area contributed by atoms with Crippen LogP contribution >= 0.6 is 11.3 Å². The van der Waals surface area contributed by atoms with E-state index in [1.807, 2.05) is 5.01 Å². The Kier molecular flexibility index (Phi) is 6.05. The molecule has 34 heavy (non-hydrogen) atoms. The molecule has 2 heterocycles. The van der Waals surface area contributed by atoms with E-state index in [1.54, 1.807) is 23.5 Å². The number of aryl methyl sites for hydroxylation is 2. The normalized spacial score (nSPS) is 15.8. The third-order valence-electron chi connectivity index (χ3n) is 6.57. The highest BCUT2D eigenvalue weighted by atomic mass is 32.1. The third-order valence-corrected chi connectivity index (χ3v) is 7.40. The Labute approximate surface area is 204 Å². The fourth-order valence-corrected chi connectivity index (χ4v) is 5.10. The average molecular weight is 470 g/mol. The lowest BCUT2D eigenvalue weighted by atomic mass is 9.95. The van der Waals surface area contributed by atoms with Crippen LogP contribution in [-0.4, -0.2) is 10.7 Å². The van der Waals surface area contributed by atoms with Gasteiger partial charge < -0.3 is 0 Å². The predicted molar refractivity (Wildman–Crippen MR) is 140 cm³/mol. The zero-order valence-corrected chi connectivity index (χ0v) is 20.7. The van der Waals surface area contributed by atoms with E-state index in [2.05, 4.69) is 75.5 Å². The topological polar surface area (TPSA) is 28.5 Å². The summed E-state index contributed by atoms with van der Waals surface area (Å²) in [6, 6.07) is 21.9. The molecule has 5 rings (SSSR count). The van der Waals surface area contributed by atoms with Gasteiger partial charge >= 0.3 is 0 Å². The van der Waals surface area contributed by atoms with E-state index in [4.69, 9.17) is 10.1 Å². The lowest BCUT2D eigenvalue weighted by Gasteiger charge is -2.21. The Morgan fingerprint density at radius 1 is 0.912 bits per heavy atom. The molecule has 0 fully saturated rings. The minimum Gasteiger partial charge on any atom is -0.231 e. The number of rotatable bonds is 5. The van der Waals surface area contributed by atoms with Gasteiger partial charge in [0.2, 0.25) is 5.13 Å². The molecule has 0 saturated carbocycles. The van der Waals surface area contributed by atoms with Crippen LogP contribution in [0.2, 0.25) is 0 Å². The van der Waals surface area contributed by atoms with Crippen LogP contribution in [0, 0.1) is 19.7 Å².